The lowest BCUT2D eigenvalue weighted by Crippen LogP contribution is -2.23. The van der Waals surface area contributed by atoms with Crippen LogP contribution in [0.3, 0.4) is 0 Å². The lowest BCUT2D eigenvalue weighted by molar-refractivity contribution is -0.121. The number of hydrogen-bond donors (Lipinski definition) is 1. The smallest absolute Gasteiger partial charge is 0.220 e. The second-order valence-electron chi connectivity index (χ2n) is 5.92. The highest BCUT2D eigenvalue weighted by atomic mass is 32.1. The van der Waals surface area contributed by atoms with E-state index >= 15 is 0 Å². The zero-order valence-electron chi connectivity index (χ0n) is 14.4. The summed E-state index contributed by atoms with van der Waals surface area (Å²) in [7, 11) is 0. The summed E-state index contributed by atoms with van der Waals surface area (Å²) in [6.45, 7) is 2.32. The van der Waals surface area contributed by atoms with Crippen LogP contribution in [0.1, 0.15) is 34.5 Å². The van der Waals surface area contributed by atoms with Crippen molar-refractivity contribution in [2.75, 3.05) is 0 Å². The van der Waals surface area contributed by atoms with Crippen molar-refractivity contribution in [2.45, 2.75) is 26.3 Å². The van der Waals surface area contributed by atoms with Gasteiger partial charge in [0.25, 0.3) is 0 Å². The summed E-state index contributed by atoms with van der Waals surface area (Å²) >= 11 is 1.49. The fraction of sp³-hybridized carbons (Fsp3) is 0.200. The largest absolute Gasteiger partial charge is 0.350 e. The Bertz CT molecular complexity index is 889. The molecule has 26 heavy (non-hydrogen) atoms. The standard InChI is InChI=1S/C20H19N3O2S/c1-14-5-7-15(8-6-14)18(24)9-10-19(25)22-12-16-13-26-20(23-16)17-4-2-3-11-21-17/h2-8,11,13H,9-10,12H2,1H3,(H,22,25). The molecule has 0 radical (unpaired) electrons. The summed E-state index contributed by atoms with van der Waals surface area (Å²) in [4.78, 5) is 32.8. The number of carbonyl (C=O) groups excluding carboxylic acids is 2. The second kappa shape index (κ2) is 8.49. The summed E-state index contributed by atoms with van der Waals surface area (Å²) in [5.41, 5.74) is 3.35. The van der Waals surface area contributed by atoms with E-state index in [1.54, 1.807) is 18.3 Å². The molecule has 3 rings (SSSR count). The third-order valence-corrected chi connectivity index (χ3v) is 4.77. The van der Waals surface area contributed by atoms with Crippen LogP contribution in [0, 0.1) is 6.92 Å². The van der Waals surface area contributed by atoms with Crippen LogP contribution in [0.2, 0.25) is 0 Å². The molecule has 5 nitrogen and oxygen atoms in total. The molecular formula is C20H19N3O2S. The number of ketones is 1. The van der Waals surface area contributed by atoms with Gasteiger partial charge in [-0.2, -0.15) is 0 Å². The van der Waals surface area contributed by atoms with Crippen LogP contribution in [0.4, 0.5) is 0 Å². The van der Waals surface area contributed by atoms with Crippen molar-refractivity contribution in [2.24, 2.45) is 0 Å². The van der Waals surface area contributed by atoms with Gasteiger partial charge in [-0.15, -0.1) is 11.3 Å². The van der Waals surface area contributed by atoms with Gasteiger partial charge < -0.3 is 5.32 Å². The van der Waals surface area contributed by atoms with Gasteiger partial charge in [0.1, 0.15) is 5.01 Å². The maximum atomic E-state index is 12.1. The van der Waals surface area contributed by atoms with Gasteiger partial charge in [-0.25, -0.2) is 4.98 Å². The Morgan fingerprint density at radius 1 is 1.08 bits per heavy atom. The van der Waals surface area contributed by atoms with E-state index in [4.69, 9.17) is 0 Å². The average molecular weight is 365 g/mol. The van der Waals surface area contributed by atoms with E-state index in [1.807, 2.05) is 42.6 Å². The summed E-state index contributed by atoms with van der Waals surface area (Å²) in [6.07, 6.45) is 2.10. The number of aryl methyl sites for hydroxylation is 1. The molecule has 0 aliphatic carbocycles. The van der Waals surface area contributed by atoms with Gasteiger partial charge >= 0.3 is 0 Å². The predicted octanol–water partition coefficient (Wildman–Crippen LogP) is 3.79. The topological polar surface area (TPSA) is 72.0 Å². The van der Waals surface area contributed by atoms with Crippen molar-refractivity contribution in [1.82, 2.24) is 15.3 Å². The minimum absolute atomic E-state index is 0.0220. The number of amides is 1. The molecule has 0 saturated heterocycles. The number of nitrogens with one attached hydrogen (secondary N) is 1. The summed E-state index contributed by atoms with van der Waals surface area (Å²) < 4.78 is 0. The Morgan fingerprint density at radius 3 is 2.62 bits per heavy atom. The van der Waals surface area contributed by atoms with E-state index < -0.39 is 0 Å². The maximum Gasteiger partial charge on any atom is 0.220 e. The molecule has 0 aliphatic rings. The maximum absolute atomic E-state index is 12.1. The number of hydrogen-bond acceptors (Lipinski definition) is 5. The normalized spacial score (nSPS) is 10.5. The van der Waals surface area contributed by atoms with Crippen LogP contribution in [0.25, 0.3) is 10.7 Å². The molecule has 1 N–H and O–H groups in total. The summed E-state index contributed by atoms with van der Waals surface area (Å²) in [5.74, 6) is -0.177. The number of nitrogens with zero attached hydrogens (tertiary/aromatic N) is 2. The van der Waals surface area contributed by atoms with Gasteiger partial charge in [0.15, 0.2) is 5.78 Å². The van der Waals surface area contributed by atoms with Crippen molar-refractivity contribution in [3.05, 3.63) is 70.9 Å². The van der Waals surface area contributed by atoms with Crippen LogP contribution >= 0.6 is 11.3 Å². The quantitative estimate of drug-likeness (QED) is 0.647. The fourth-order valence-electron chi connectivity index (χ4n) is 2.38. The van der Waals surface area contributed by atoms with E-state index in [0.717, 1.165) is 22.0 Å². The third-order valence-electron chi connectivity index (χ3n) is 3.86. The first-order valence-electron chi connectivity index (χ1n) is 8.34. The molecule has 132 valence electrons. The van der Waals surface area contributed by atoms with Crippen molar-refractivity contribution in [3.8, 4) is 10.7 Å². The number of benzene rings is 1. The number of thiazole rings is 1. The first-order chi connectivity index (χ1) is 12.6. The first kappa shape index (κ1) is 17.9. The van der Waals surface area contributed by atoms with E-state index in [-0.39, 0.29) is 24.5 Å². The van der Waals surface area contributed by atoms with Crippen LogP contribution in [-0.4, -0.2) is 21.7 Å². The second-order valence-corrected chi connectivity index (χ2v) is 6.78. The lowest BCUT2D eigenvalue weighted by Gasteiger charge is -2.04. The third kappa shape index (κ3) is 4.83. The fourth-order valence-corrected chi connectivity index (χ4v) is 3.18. The van der Waals surface area contributed by atoms with Crippen molar-refractivity contribution >= 4 is 23.0 Å². The number of carbonyl (C=O) groups is 2. The molecule has 2 aromatic heterocycles. The number of pyridine rings is 1. The highest BCUT2D eigenvalue weighted by Gasteiger charge is 2.10. The first-order valence-corrected chi connectivity index (χ1v) is 9.22. The Labute approximate surface area is 156 Å². The molecule has 1 aromatic carbocycles. The van der Waals surface area contributed by atoms with Crippen molar-refractivity contribution in [3.63, 3.8) is 0 Å². The van der Waals surface area contributed by atoms with Gasteiger partial charge in [0, 0.05) is 30.0 Å². The van der Waals surface area contributed by atoms with Crippen molar-refractivity contribution in [1.29, 1.82) is 0 Å². The molecule has 6 heteroatoms. The monoisotopic (exact) mass is 365 g/mol. The van der Waals surface area contributed by atoms with Crippen LogP contribution in [0.15, 0.2) is 54.0 Å². The predicted molar refractivity (Wildman–Crippen MR) is 102 cm³/mol. The number of rotatable bonds is 7. The highest BCUT2D eigenvalue weighted by molar-refractivity contribution is 7.13. The Hall–Kier alpha value is -2.86. The molecule has 0 spiro atoms. The molecule has 0 atom stereocenters. The minimum Gasteiger partial charge on any atom is -0.350 e. The molecular weight excluding hydrogens is 346 g/mol. The van der Waals surface area contributed by atoms with Crippen molar-refractivity contribution < 1.29 is 9.59 Å². The van der Waals surface area contributed by atoms with Gasteiger partial charge in [-0.05, 0) is 19.1 Å². The molecule has 0 unspecified atom stereocenters. The molecule has 1 amide bonds. The lowest BCUT2D eigenvalue weighted by atomic mass is 10.1. The molecule has 0 aliphatic heterocycles. The van der Waals surface area contributed by atoms with Gasteiger partial charge in [-0.3, -0.25) is 14.6 Å². The van der Waals surface area contributed by atoms with Crippen LogP contribution < -0.4 is 5.32 Å². The van der Waals surface area contributed by atoms with E-state index in [0.29, 0.717) is 12.1 Å². The summed E-state index contributed by atoms with van der Waals surface area (Å²) in [6, 6.07) is 13.1. The Kier molecular flexibility index (Phi) is 5.86. The molecule has 0 bridgehead atoms. The van der Waals surface area contributed by atoms with E-state index in [9.17, 15) is 9.59 Å². The molecule has 2 heterocycles. The molecule has 3 aromatic rings. The summed E-state index contributed by atoms with van der Waals surface area (Å²) in [5, 5.41) is 5.54. The van der Waals surface area contributed by atoms with Gasteiger partial charge in [0.2, 0.25) is 5.91 Å². The SMILES string of the molecule is Cc1ccc(C(=O)CCC(=O)NCc2csc(-c3ccccn3)n2)cc1. The minimum atomic E-state index is -0.155. The molecule has 0 saturated carbocycles. The highest BCUT2D eigenvalue weighted by Crippen LogP contribution is 2.21. The van der Waals surface area contributed by atoms with E-state index in [1.165, 1.54) is 11.3 Å². The molecule has 0 fully saturated rings. The average Bonchev–Trinajstić information content (AvgIpc) is 3.15. The van der Waals surface area contributed by atoms with Crippen LogP contribution in [-0.2, 0) is 11.3 Å². The van der Waals surface area contributed by atoms with Crippen LogP contribution in [0.5, 0.6) is 0 Å². The Balaban J connectivity index is 1.46. The number of Topliss-reactive ketones (excluding diaryl/α,β-unsaturated/α-hetero) is 1. The van der Waals surface area contributed by atoms with Gasteiger partial charge in [-0.1, -0.05) is 35.9 Å². The number of aromatic nitrogens is 2. The zero-order chi connectivity index (χ0) is 18.4. The zero-order valence-corrected chi connectivity index (χ0v) is 15.3. The van der Waals surface area contributed by atoms with Gasteiger partial charge in [0.05, 0.1) is 17.9 Å². The van der Waals surface area contributed by atoms with E-state index in [2.05, 4.69) is 15.3 Å². The Morgan fingerprint density at radius 2 is 1.88 bits per heavy atom.